The van der Waals surface area contributed by atoms with Crippen molar-refractivity contribution in [2.75, 3.05) is 18.0 Å². The maximum absolute atomic E-state index is 12.8. The summed E-state index contributed by atoms with van der Waals surface area (Å²) in [7, 11) is 0. The molecule has 0 spiro atoms. The summed E-state index contributed by atoms with van der Waals surface area (Å²) in [6.45, 7) is 3.38. The zero-order chi connectivity index (χ0) is 15.2. The van der Waals surface area contributed by atoms with E-state index >= 15 is 0 Å². The van der Waals surface area contributed by atoms with Crippen LogP contribution < -0.4 is 4.90 Å². The van der Waals surface area contributed by atoms with Crippen molar-refractivity contribution in [3.05, 3.63) is 24.2 Å². The molecule has 1 saturated heterocycles. The van der Waals surface area contributed by atoms with Crippen molar-refractivity contribution in [2.24, 2.45) is 5.92 Å². The molecule has 0 radical (unpaired) electrons. The van der Waals surface area contributed by atoms with Gasteiger partial charge in [0, 0.05) is 36.9 Å². The number of aromatic nitrogens is 3. The zero-order valence-corrected chi connectivity index (χ0v) is 12.1. The van der Waals surface area contributed by atoms with Crippen LogP contribution >= 0.6 is 11.6 Å². The van der Waals surface area contributed by atoms with Crippen molar-refractivity contribution in [1.82, 2.24) is 14.6 Å². The Hall–Kier alpha value is -1.50. The number of fused-ring (bicyclic) bond motifs is 1. The Kier molecular flexibility index (Phi) is 3.47. The van der Waals surface area contributed by atoms with Crippen LogP contribution in [0.5, 0.6) is 0 Å². The molecule has 2 atom stereocenters. The smallest absolute Gasteiger partial charge is 0.354 e. The van der Waals surface area contributed by atoms with E-state index in [0.717, 1.165) is 12.5 Å². The van der Waals surface area contributed by atoms with Gasteiger partial charge >= 0.3 is 6.18 Å². The molecule has 2 unspecified atom stereocenters. The van der Waals surface area contributed by atoms with E-state index in [9.17, 15) is 13.2 Å². The molecule has 3 rings (SSSR count). The summed E-state index contributed by atoms with van der Waals surface area (Å²) in [6, 6.07) is 1.04. The summed E-state index contributed by atoms with van der Waals surface area (Å²) in [4.78, 5) is 6.21. The highest BCUT2D eigenvalue weighted by molar-refractivity contribution is 6.20. The zero-order valence-electron chi connectivity index (χ0n) is 11.3. The minimum absolute atomic E-state index is 0.0941. The Balaban J connectivity index is 2.01. The van der Waals surface area contributed by atoms with Crippen LogP contribution in [0, 0.1) is 5.92 Å². The van der Waals surface area contributed by atoms with Crippen LogP contribution in [0.15, 0.2) is 18.5 Å². The van der Waals surface area contributed by atoms with Crippen LogP contribution in [0.3, 0.4) is 0 Å². The van der Waals surface area contributed by atoms with Crippen LogP contribution in [-0.4, -0.2) is 33.1 Å². The summed E-state index contributed by atoms with van der Waals surface area (Å²) in [5, 5.41) is 3.67. The quantitative estimate of drug-likeness (QED) is 0.757. The van der Waals surface area contributed by atoms with Gasteiger partial charge in [0.1, 0.15) is 5.52 Å². The number of hydrogen-bond donors (Lipinski definition) is 0. The fourth-order valence-electron chi connectivity index (χ4n) is 2.60. The SMILES string of the molecule is CC1CN(c2nccn3nc(C(F)(F)F)cc23)CCC1Cl. The summed E-state index contributed by atoms with van der Waals surface area (Å²) in [6.07, 6.45) is -0.788. The molecule has 4 nitrogen and oxygen atoms in total. The van der Waals surface area contributed by atoms with Crippen LogP contribution in [-0.2, 0) is 6.18 Å². The second kappa shape index (κ2) is 5.05. The molecule has 21 heavy (non-hydrogen) atoms. The van der Waals surface area contributed by atoms with Crippen molar-refractivity contribution in [2.45, 2.75) is 24.9 Å². The molecular weight excluding hydrogens is 305 g/mol. The summed E-state index contributed by atoms with van der Waals surface area (Å²) in [5.74, 6) is 0.781. The van der Waals surface area contributed by atoms with E-state index in [0.29, 0.717) is 24.4 Å². The van der Waals surface area contributed by atoms with Gasteiger partial charge in [-0.1, -0.05) is 6.92 Å². The second-order valence-corrected chi connectivity index (χ2v) is 5.90. The van der Waals surface area contributed by atoms with E-state index in [1.54, 1.807) is 0 Å². The van der Waals surface area contributed by atoms with Crippen LogP contribution in [0.4, 0.5) is 19.0 Å². The molecule has 114 valence electrons. The van der Waals surface area contributed by atoms with E-state index in [-0.39, 0.29) is 11.3 Å². The molecule has 0 bridgehead atoms. The average Bonchev–Trinajstić information content (AvgIpc) is 2.86. The number of rotatable bonds is 1. The van der Waals surface area contributed by atoms with E-state index in [1.807, 2.05) is 11.8 Å². The van der Waals surface area contributed by atoms with Gasteiger partial charge in [0.2, 0.25) is 0 Å². The van der Waals surface area contributed by atoms with Gasteiger partial charge in [-0.2, -0.15) is 18.3 Å². The Morgan fingerprint density at radius 2 is 2.14 bits per heavy atom. The van der Waals surface area contributed by atoms with Gasteiger partial charge in [0.25, 0.3) is 0 Å². The van der Waals surface area contributed by atoms with Crippen molar-refractivity contribution in [3.8, 4) is 0 Å². The normalized spacial score (nSPS) is 23.8. The standard InChI is InChI=1S/C13H14ClF3N4/c1-8-7-20(4-2-9(8)14)12-10-6-11(13(15,16)17)19-21(10)5-3-18-12/h3,5-6,8-9H,2,4,7H2,1H3. The second-order valence-electron chi connectivity index (χ2n) is 5.34. The van der Waals surface area contributed by atoms with Gasteiger partial charge in [-0.05, 0) is 12.3 Å². The molecule has 0 amide bonds. The number of alkyl halides is 4. The van der Waals surface area contributed by atoms with Crippen LogP contribution in [0.1, 0.15) is 19.0 Å². The topological polar surface area (TPSA) is 33.4 Å². The average molecular weight is 319 g/mol. The predicted molar refractivity (Wildman–Crippen MR) is 73.6 cm³/mol. The highest BCUT2D eigenvalue weighted by atomic mass is 35.5. The van der Waals surface area contributed by atoms with E-state index in [2.05, 4.69) is 10.1 Å². The molecule has 3 heterocycles. The van der Waals surface area contributed by atoms with Gasteiger partial charge in [0.05, 0.1) is 0 Å². The van der Waals surface area contributed by atoms with Gasteiger partial charge in [0.15, 0.2) is 11.5 Å². The third-order valence-electron chi connectivity index (χ3n) is 3.76. The lowest BCUT2D eigenvalue weighted by atomic mass is 9.99. The van der Waals surface area contributed by atoms with Crippen molar-refractivity contribution < 1.29 is 13.2 Å². The fourth-order valence-corrected chi connectivity index (χ4v) is 2.78. The van der Waals surface area contributed by atoms with Crippen LogP contribution in [0.2, 0.25) is 0 Å². The first-order valence-corrected chi connectivity index (χ1v) is 7.10. The first-order chi connectivity index (χ1) is 9.86. The molecule has 1 aliphatic heterocycles. The van der Waals surface area contributed by atoms with Gasteiger partial charge in [-0.15, -0.1) is 11.6 Å². The van der Waals surface area contributed by atoms with Crippen LogP contribution in [0.25, 0.3) is 5.52 Å². The molecule has 0 saturated carbocycles. The molecule has 2 aromatic rings. The van der Waals surface area contributed by atoms with Crippen molar-refractivity contribution in [3.63, 3.8) is 0 Å². The third-order valence-corrected chi connectivity index (χ3v) is 4.41. The summed E-state index contributed by atoms with van der Waals surface area (Å²) < 4.78 is 39.6. The predicted octanol–water partition coefficient (Wildman–Crippen LogP) is 3.20. The minimum Gasteiger partial charge on any atom is -0.354 e. The lowest BCUT2D eigenvalue weighted by Gasteiger charge is -2.35. The lowest BCUT2D eigenvalue weighted by Crippen LogP contribution is -2.40. The van der Waals surface area contributed by atoms with Crippen molar-refractivity contribution >= 4 is 22.9 Å². The molecule has 1 fully saturated rings. The highest BCUT2D eigenvalue weighted by Gasteiger charge is 2.35. The number of nitrogens with zero attached hydrogens (tertiary/aromatic N) is 4. The monoisotopic (exact) mass is 318 g/mol. The number of halogens is 4. The number of hydrogen-bond acceptors (Lipinski definition) is 3. The first-order valence-electron chi connectivity index (χ1n) is 6.67. The molecule has 0 N–H and O–H groups in total. The third kappa shape index (κ3) is 2.66. The van der Waals surface area contributed by atoms with Gasteiger partial charge < -0.3 is 4.90 Å². The highest BCUT2D eigenvalue weighted by Crippen LogP contribution is 2.32. The van der Waals surface area contributed by atoms with E-state index in [4.69, 9.17) is 11.6 Å². The Morgan fingerprint density at radius 3 is 2.81 bits per heavy atom. The Labute approximate surface area is 124 Å². The molecule has 0 aliphatic carbocycles. The molecular formula is C13H14ClF3N4. The van der Waals surface area contributed by atoms with Gasteiger partial charge in [-0.3, -0.25) is 0 Å². The largest absolute Gasteiger partial charge is 0.435 e. The number of piperidine rings is 1. The van der Waals surface area contributed by atoms with E-state index < -0.39 is 11.9 Å². The fraction of sp³-hybridized carbons (Fsp3) is 0.538. The summed E-state index contributed by atoms with van der Waals surface area (Å²) in [5.41, 5.74) is -0.540. The summed E-state index contributed by atoms with van der Waals surface area (Å²) >= 11 is 6.19. The van der Waals surface area contributed by atoms with Crippen molar-refractivity contribution in [1.29, 1.82) is 0 Å². The number of anilines is 1. The maximum atomic E-state index is 12.8. The molecule has 1 aliphatic rings. The molecule has 8 heteroatoms. The lowest BCUT2D eigenvalue weighted by molar-refractivity contribution is -0.141. The molecule has 0 aromatic carbocycles. The molecule has 2 aromatic heterocycles. The Morgan fingerprint density at radius 1 is 1.38 bits per heavy atom. The van der Waals surface area contributed by atoms with E-state index in [1.165, 1.54) is 16.9 Å². The Bertz CT molecular complexity index is 654. The maximum Gasteiger partial charge on any atom is 0.435 e. The minimum atomic E-state index is -4.46. The first kappa shape index (κ1) is 14.4. The van der Waals surface area contributed by atoms with Gasteiger partial charge in [-0.25, -0.2) is 9.50 Å².